The molecule has 0 radical (unpaired) electrons. The highest BCUT2D eigenvalue weighted by Crippen LogP contribution is 2.44. The molecule has 29 heavy (non-hydrogen) atoms. The minimum atomic E-state index is -0.657. The van der Waals surface area contributed by atoms with Gasteiger partial charge < -0.3 is 20.1 Å². The second kappa shape index (κ2) is 8.48. The monoisotopic (exact) mass is 388 g/mol. The van der Waals surface area contributed by atoms with Crippen LogP contribution in [0.2, 0.25) is 0 Å². The van der Waals surface area contributed by atoms with Crippen molar-refractivity contribution in [1.29, 1.82) is 0 Å². The smallest absolute Gasteiger partial charge is 0.413 e. The van der Waals surface area contributed by atoms with Crippen molar-refractivity contribution >= 4 is 12.2 Å². The average Bonchev–Trinajstić information content (AvgIpc) is 3.07. The van der Waals surface area contributed by atoms with Crippen LogP contribution in [0.5, 0.6) is 5.75 Å². The lowest BCUT2D eigenvalue weighted by Gasteiger charge is -2.14. The number of benzene rings is 3. The lowest BCUT2D eigenvalue weighted by Crippen LogP contribution is -2.39. The Kier molecular flexibility index (Phi) is 5.42. The van der Waals surface area contributed by atoms with Gasteiger partial charge in [-0.15, -0.1) is 0 Å². The van der Waals surface area contributed by atoms with Gasteiger partial charge in [0.15, 0.2) is 0 Å². The molecule has 1 aliphatic rings. The van der Waals surface area contributed by atoms with Crippen LogP contribution in [0.4, 0.5) is 9.59 Å². The van der Waals surface area contributed by atoms with Crippen LogP contribution >= 0.6 is 0 Å². The van der Waals surface area contributed by atoms with E-state index in [1.807, 2.05) is 30.3 Å². The lowest BCUT2D eigenvalue weighted by atomic mass is 9.98. The first-order chi connectivity index (χ1) is 14.2. The SMILES string of the molecule is O=C(NCNC(=O)Oc1ccccc1)OCC1c2ccccc2-c2ccccc21. The Morgan fingerprint density at radius 1 is 0.724 bits per heavy atom. The molecule has 0 heterocycles. The topological polar surface area (TPSA) is 76.7 Å². The first-order valence-electron chi connectivity index (χ1n) is 9.32. The van der Waals surface area contributed by atoms with E-state index in [4.69, 9.17) is 9.47 Å². The normalized spacial score (nSPS) is 11.9. The van der Waals surface area contributed by atoms with Gasteiger partial charge in [0.25, 0.3) is 0 Å². The fourth-order valence-corrected chi connectivity index (χ4v) is 3.47. The van der Waals surface area contributed by atoms with Gasteiger partial charge in [0, 0.05) is 5.92 Å². The van der Waals surface area contributed by atoms with E-state index >= 15 is 0 Å². The third kappa shape index (κ3) is 4.21. The number of carbonyl (C=O) groups is 2. The van der Waals surface area contributed by atoms with Crippen LogP contribution in [0.15, 0.2) is 78.9 Å². The zero-order valence-corrected chi connectivity index (χ0v) is 15.6. The summed E-state index contributed by atoms with van der Waals surface area (Å²) in [5, 5.41) is 4.95. The molecule has 0 fully saturated rings. The number of alkyl carbamates (subject to hydrolysis) is 1. The number of hydrogen-bond donors (Lipinski definition) is 2. The van der Waals surface area contributed by atoms with Gasteiger partial charge in [0.2, 0.25) is 0 Å². The highest BCUT2D eigenvalue weighted by molar-refractivity contribution is 5.79. The second-order valence-corrected chi connectivity index (χ2v) is 6.56. The minimum absolute atomic E-state index is 0.0100. The fraction of sp³-hybridized carbons (Fsp3) is 0.130. The zero-order chi connectivity index (χ0) is 20.1. The molecular formula is C23H20N2O4. The van der Waals surface area contributed by atoms with Gasteiger partial charge in [-0.05, 0) is 34.4 Å². The summed E-state index contributed by atoms with van der Waals surface area (Å²) in [5.41, 5.74) is 4.63. The molecule has 3 aromatic carbocycles. The van der Waals surface area contributed by atoms with E-state index in [2.05, 4.69) is 34.9 Å². The van der Waals surface area contributed by atoms with Crippen molar-refractivity contribution in [2.45, 2.75) is 5.92 Å². The molecule has 2 N–H and O–H groups in total. The van der Waals surface area contributed by atoms with Crippen molar-refractivity contribution in [2.75, 3.05) is 13.3 Å². The Labute approximate surface area is 168 Å². The van der Waals surface area contributed by atoms with Crippen molar-refractivity contribution in [2.24, 2.45) is 0 Å². The molecule has 4 rings (SSSR count). The van der Waals surface area contributed by atoms with E-state index in [0.717, 1.165) is 11.1 Å². The Balaban J connectivity index is 1.27. The summed E-state index contributed by atoms with van der Waals surface area (Å²) in [6, 6.07) is 24.9. The third-order valence-electron chi connectivity index (χ3n) is 4.76. The van der Waals surface area contributed by atoms with Crippen molar-refractivity contribution in [3.8, 4) is 16.9 Å². The van der Waals surface area contributed by atoms with Crippen molar-refractivity contribution in [1.82, 2.24) is 10.6 Å². The Morgan fingerprint density at radius 2 is 1.28 bits per heavy atom. The Bertz CT molecular complexity index is 975. The summed E-state index contributed by atoms with van der Waals surface area (Å²) < 4.78 is 10.5. The number of carbonyl (C=O) groups excluding carboxylic acids is 2. The predicted molar refractivity (Wildman–Crippen MR) is 109 cm³/mol. The van der Waals surface area contributed by atoms with Crippen LogP contribution in [-0.2, 0) is 4.74 Å². The first kappa shape index (κ1) is 18.6. The van der Waals surface area contributed by atoms with Gasteiger partial charge in [0.05, 0.1) is 6.67 Å². The number of nitrogens with one attached hydrogen (secondary N) is 2. The standard InChI is InChI=1S/C23H20N2O4/c26-22(24-15-25-23(27)29-16-8-2-1-3-9-16)28-14-21-19-12-6-4-10-17(19)18-11-5-7-13-20(18)21/h1-13,21H,14-15H2,(H,24,26)(H,25,27). The molecule has 0 atom stereocenters. The summed E-state index contributed by atoms with van der Waals surface area (Å²) in [6.07, 6.45) is -1.26. The molecule has 0 aliphatic heterocycles. The van der Waals surface area contributed by atoms with E-state index in [-0.39, 0.29) is 19.2 Å². The quantitative estimate of drug-likeness (QED) is 0.640. The highest BCUT2D eigenvalue weighted by atomic mass is 16.6. The molecule has 6 heteroatoms. The van der Waals surface area contributed by atoms with Gasteiger partial charge in [0.1, 0.15) is 12.4 Å². The Hall–Kier alpha value is -3.80. The van der Waals surface area contributed by atoms with Crippen LogP contribution in [0, 0.1) is 0 Å². The minimum Gasteiger partial charge on any atom is -0.449 e. The van der Waals surface area contributed by atoms with Crippen LogP contribution in [-0.4, -0.2) is 25.5 Å². The number of amides is 2. The molecule has 0 bridgehead atoms. The fourth-order valence-electron chi connectivity index (χ4n) is 3.47. The molecule has 6 nitrogen and oxygen atoms in total. The predicted octanol–water partition coefficient (Wildman–Crippen LogP) is 4.27. The number of rotatable bonds is 5. The van der Waals surface area contributed by atoms with Gasteiger partial charge in [-0.25, -0.2) is 9.59 Å². The average molecular weight is 388 g/mol. The van der Waals surface area contributed by atoms with E-state index in [9.17, 15) is 9.59 Å². The molecule has 3 aromatic rings. The van der Waals surface area contributed by atoms with Crippen LogP contribution in [0.1, 0.15) is 17.0 Å². The number of ether oxygens (including phenoxy) is 2. The number of hydrogen-bond acceptors (Lipinski definition) is 4. The maximum atomic E-state index is 12.0. The molecule has 1 aliphatic carbocycles. The van der Waals surface area contributed by atoms with Crippen LogP contribution in [0.25, 0.3) is 11.1 Å². The van der Waals surface area contributed by atoms with Crippen molar-refractivity contribution in [3.05, 3.63) is 90.0 Å². The van der Waals surface area contributed by atoms with Crippen LogP contribution < -0.4 is 15.4 Å². The number of para-hydroxylation sites is 1. The van der Waals surface area contributed by atoms with Gasteiger partial charge in [-0.2, -0.15) is 0 Å². The Morgan fingerprint density at radius 3 is 1.93 bits per heavy atom. The van der Waals surface area contributed by atoms with Gasteiger partial charge in [-0.1, -0.05) is 66.7 Å². The third-order valence-corrected chi connectivity index (χ3v) is 4.76. The summed E-state index contributed by atoms with van der Waals surface area (Å²) in [5.74, 6) is 0.412. The molecule has 0 aromatic heterocycles. The van der Waals surface area contributed by atoms with Gasteiger partial charge in [-0.3, -0.25) is 0 Å². The molecular weight excluding hydrogens is 368 g/mol. The summed E-state index contributed by atoms with van der Waals surface area (Å²) in [4.78, 5) is 23.7. The van der Waals surface area contributed by atoms with E-state index < -0.39 is 12.2 Å². The number of fused-ring (bicyclic) bond motifs is 3. The van der Waals surface area contributed by atoms with Crippen molar-refractivity contribution in [3.63, 3.8) is 0 Å². The molecule has 2 amide bonds. The maximum absolute atomic E-state index is 12.0. The second-order valence-electron chi connectivity index (χ2n) is 6.56. The summed E-state index contributed by atoms with van der Waals surface area (Å²) in [7, 11) is 0. The lowest BCUT2D eigenvalue weighted by molar-refractivity contribution is 0.142. The van der Waals surface area contributed by atoms with Crippen molar-refractivity contribution < 1.29 is 19.1 Å². The molecule has 0 spiro atoms. The molecule has 146 valence electrons. The van der Waals surface area contributed by atoms with E-state index in [1.54, 1.807) is 24.3 Å². The molecule has 0 unspecified atom stereocenters. The molecule has 0 saturated carbocycles. The van der Waals surface area contributed by atoms with E-state index in [1.165, 1.54) is 11.1 Å². The summed E-state index contributed by atoms with van der Waals surface area (Å²) in [6.45, 7) is 0.122. The zero-order valence-electron chi connectivity index (χ0n) is 15.6. The first-order valence-corrected chi connectivity index (χ1v) is 9.32. The highest BCUT2D eigenvalue weighted by Gasteiger charge is 2.28. The maximum Gasteiger partial charge on any atom is 0.413 e. The van der Waals surface area contributed by atoms with Gasteiger partial charge >= 0.3 is 12.2 Å². The van der Waals surface area contributed by atoms with E-state index in [0.29, 0.717) is 5.75 Å². The molecule has 0 saturated heterocycles. The largest absolute Gasteiger partial charge is 0.449 e. The van der Waals surface area contributed by atoms with Crippen LogP contribution in [0.3, 0.4) is 0 Å². The summed E-state index contributed by atoms with van der Waals surface area (Å²) >= 11 is 0.